The van der Waals surface area contributed by atoms with Gasteiger partial charge in [-0.25, -0.2) is 9.38 Å². The Morgan fingerprint density at radius 3 is 2.29 bits per heavy atom. The van der Waals surface area contributed by atoms with E-state index in [1.807, 2.05) is 30.3 Å². The summed E-state index contributed by atoms with van der Waals surface area (Å²) in [5.41, 5.74) is 6.26. The van der Waals surface area contributed by atoms with Crippen LogP contribution >= 0.6 is 0 Å². The summed E-state index contributed by atoms with van der Waals surface area (Å²) in [6, 6.07) is 21.2. The lowest BCUT2D eigenvalue weighted by atomic mass is 9.99. The summed E-state index contributed by atoms with van der Waals surface area (Å²) in [4.78, 5) is 20.6. The Kier molecular flexibility index (Phi) is 5.45. The summed E-state index contributed by atoms with van der Waals surface area (Å²) in [6.45, 7) is 5.68. The molecule has 0 spiro atoms. The molecule has 3 aromatic rings. The number of carbonyl (C=O) groups excluding carboxylic acids is 1. The van der Waals surface area contributed by atoms with Gasteiger partial charge in [0.2, 0.25) is 0 Å². The molecule has 1 amide bonds. The van der Waals surface area contributed by atoms with E-state index in [-0.39, 0.29) is 11.7 Å². The van der Waals surface area contributed by atoms with Crippen LogP contribution in [0, 0.1) is 5.82 Å². The first-order chi connectivity index (χ1) is 15.2. The maximum atomic E-state index is 13.3. The zero-order valence-corrected chi connectivity index (χ0v) is 17.3. The van der Waals surface area contributed by atoms with Crippen LogP contribution in [0.5, 0.6) is 0 Å². The van der Waals surface area contributed by atoms with Crippen molar-refractivity contribution in [2.45, 2.75) is 13.1 Å². The fraction of sp³-hybridized carbons (Fsp3) is 0.231. The van der Waals surface area contributed by atoms with Gasteiger partial charge in [0.05, 0.1) is 5.56 Å². The lowest BCUT2D eigenvalue weighted by molar-refractivity contribution is 0.101. The Balaban J connectivity index is 1.21. The zero-order valence-electron chi connectivity index (χ0n) is 17.3. The van der Waals surface area contributed by atoms with E-state index < -0.39 is 0 Å². The van der Waals surface area contributed by atoms with Crippen LogP contribution in [0.25, 0.3) is 11.1 Å². The molecule has 0 unspecified atom stereocenters. The fourth-order valence-corrected chi connectivity index (χ4v) is 4.37. The number of carbonyl (C=O) groups is 1. The van der Waals surface area contributed by atoms with Crippen LogP contribution in [0.3, 0.4) is 0 Å². The minimum atomic E-state index is -0.211. The first kappa shape index (κ1) is 19.8. The van der Waals surface area contributed by atoms with E-state index in [4.69, 9.17) is 0 Å². The predicted octanol–water partition coefficient (Wildman–Crippen LogP) is 4.38. The van der Waals surface area contributed by atoms with Crippen molar-refractivity contribution >= 4 is 12.1 Å². The zero-order chi connectivity index (χ0) is 21.2. The summed E-state index contributed by atoms with van der Waals surface area (Å²) >= 11 is 0. The van der Waals surface area contributed by atoms with Crippen LogP contribution in [-0.4, -0.2) is 48.1 Å². The van der Waals surface area contributed by atoms with Crippen LogP contribution in [0.4, 0.5) is 4.39 Å². The smallest absolute Gasteiger partial charge is 0.277 e. The third-order valence-electron chi connectivity index (χ3n) is 6.11. The Hall–Kier alpha value is -3.15. The van der Waals surface area contributed by atoms with Gasteiger partial charge in [0, 0.05) is 51.0 Å². The Morgan fingerprint density at radius 2 is 1.52 bits per heavy atom. The lowest BCUT2D eigenvalue weighted by Crippen LogP contribution is -2.45. The maximum absolute atomic E-state index is 13.3. The van der Waals surface area contributed by atoms with E-state index in [1.165, 1.54) is 17.7 Å². The van der Waals surface area contributed by atoms with Crippen LogP contribution in [0.15, 0.2) is 71.7 Å². The Morgan fingerprint density at radius 1 is 0.806 bits per heavy atom. The maximum Gasteiger partial charge on any atom is 0.277 e. The van der Waals surface area contributed by atoms with Crippen LogP contribution in [-0.2, 0) is 13.1 Å². The van der Waals surface area contributed by atoms with Gasteiger partial charge in [-0.05, 0) is 40.5 Å². The molecule has 31 heavy (non-hydrogen) atoms. The monoisotopic (exact) mass is 413 g/mol. The highest BCUT2D eigenvalue weighted by atomic mass is 19.1. The molecule has 0 aromatic heterocycles. The van der Waals surface area contributed by atoms with Gasteiger partial charge in [-0.2, -0.15) is 0 Å². The first-order valence-corrected chi connectivity index (χ1v) is 10.7. The molecule has 1 saturated heterocycles. The van der Waals surface area contributed by atoms with Gasteiger partial charge in [0.15, 0.2) is 0 Å². The van der Waals surface area contributed by atoms with Crippen molar-refractivity contribution in [2.75, 3.05) is 26.2 Å². The number of rotatable bonds is 5. The van der Waals surface area contributed by atoms with Gasteiger partial charge in [0.1, 0.15) is 5.82 Å². The van der Waals surface area contributed by atoms with E-state index in [0.717, 1.165) is 61.5 Å². The highest BCUT2D eigenvalue weighted by Crippen LogP contribution is 2.26. The number of piperazine rings is 1. The number of hydrogen-bond acceptors (Lipinski definition) is 3. The lowest BCUT2D eigenvalue weighted by Gasteiger charge is -2.35. The van der Waals surface area contributed by atoms with Gasteiger partial charge in [-0.3, -0.25) is 14.6 Å². The van der Waals surface area contributed by atoms with Crippen LogP contribution < -0.4 is 0 Å². The minimum absolute atomic E-state index is 0.138. The predicted molar refractivity (Wildman–Crippen MR) is 121 cm³/mol. The van der Waals surface area contributed by atoms with Gasteiger partial charge in [0.25, 0.3) is 5.91 Å². The molecule has 0 atom stereocenters. The van der Waals surface area contributed by atoms with Crippen molar-refractivity contribution in [3.05, 3.63) is 94.8 Å². The molecule has 2 heterocycles. The van der Waals surface area contributed by atoms with Crippen molar-refractivity contribution in [2.24, 2.45) is 4.99 Å². The van der Waals surface area contributed by atoms with Gasteiger partial charge in [-0.15, -0.1) is 0 Å². The van der Waals surface area contributed by atoms with Crippen molar-refractivity contribution < 1.29 is 9.18 Å². The number of aliphatic imine (C=N–C) groups is 1. The molecule has 0 radical (unpaired) electrons. The Labute approximate surface area is 181 Å². The van der Waals surface area contributed by atoms with Gasteiger partial charge in [-0.1, -0.05) is 48.5 Å². The molecule has 0 N–H and O–H groups in total. The average molecular weight is 413 g/mol. The highest BCUT2D eigenvalue weighted by Gasteiger charge is 2.20. The van der Waals surface area contributed by atoms with E-state index in [0.29, 0.717) is 5.56 Å². The second-order valence-electron chi connectivity index (χ2n) is 8.20. The number of fused-ring (bicyclic) bond motifs is 1. The molecule has 156 valence electrons. The van der Waals surface area contributed by atoms with Gasteiger partial charge < -0.3 is 0 Å². The van der Waals surface area contributed by atoms with Crippen molar-refractivity contribution in [1.82, 2.24) is 9.80 Å². The number of benzene rings is 3. The molecule has 0 aliphatic carbocycles. The molecule has 2 aliphatic heterocycles. The molecule has 5 rings (SSSR count). The first-order valence-electron chi connectivity index (χ1n) is 10.7. The largest absolute Gasteiger partial charge is 0.297 e. The molecule has 4 nitrogen and oxygen atoms in total. The van der Waals surface area contributed by atoms with Crippen molar-refractivity contribution in [3.63, 3.8) is 0 Å². The molecular weight excluding hydrogens is 389 g/mol. The second-order valence-corrected chi connectivity index (χ2v) is 8.20. The van der Waals surface area contributed by atoms with E-state index in [2.05, 4.69) is 39.1 Å². The van der Waals surface area contributed by atoms with Gasteiger partial charge >= 0.3 is 0 Å². The molecule has 1 fully saturated rings. The standard InChI is InChI=1S/C26H24FN3O/c27-23-9-7-20(8-10-23)24-4-2-1-3-22(24)18-30-13-11-29(12-14-30)17-19-5-6-21-16-28-26(31)25(21)15-19/h1-10,15-16H,11-14,17-18H2. The SMILES string of the molecule is O=C1N=Cc2ccc(CN3CCN(Cc4ccccc4-c4ccc(F)cc4)CC3)cc21. The summed E-state index contributed by atoms with van der Waals surface area (Å²) in [7, 11) is 0. The Bertz CT molecular complexity index is 1130. The molecule has 3 aromatic carbocycles. The average Bonchev–Trinajstić information content (AvgIpc) is 3.16. The van der Waals surface area contributed by atoms with E-state index in [1.54, 1.807) is 6.21 Å². The molecule has 0 bridgehead atoms. The van der Waals surface area contributed by atoms with E-state index in [9.17, 15) is 9.18 Å². The van der Waals surface area contributed by atoms with Crippen LogP contribution in [0.2, 0.25) is 0 Å². The third-order valence-corrected chi connectivity index (χ3v) is 6.11. The second kappa shape index (κ2) is 8.53. The molecule has 5 heteroatoms. The summed E-state index contributed by atoms with van der Waals surface area (Å²) in [5, 5.41) is 0. The number of halogens is 1. The van der Waals surface area contributed by atoms with Crippen LogP contribution in [0.1, 0.15) is 27.0 Å². The molecule has 0 saturated carbocycles. The number of nitrogens with zero attached hydrogens (tertiary/aromatic N) is 3. The topological polar surface area (TPSA) is 35.9 Å². The molecular formula is C26H24FN3O. The summed E-state index contributed by atoms with van der Waals surface area (Å²) < 4.78 is 13.3. The summed E-state index contributed by atoms with van der Waals surface area (Å²) in [6.07, 6.45) is 1.64. The van der Waals surface area contributed by atoms with E-state index >= 15 is 0 Å². The third kappa shape index (κ3) is 4.33. The highest BCUT2D eigenvalue weighted by molar-refractivity contribution is 6.12. The molecule has 2 aliphatic rings. The quantitative estimate of drug-likeness (QED) is 0.623. The fourth-order valence-electron chi connectivity index (χ4n) is 4.37. The van der Waals surface area contributed by atoms with Crippen molar-refractivity contribution in [1.29, 1.82) is 0 Å². The number of hydrogen-bond donors (Lipinski definition) is 0. The number of amides is 1. The summed E-state index contributed by atoms with van der Waals surface area (Å²) in [5.74, 6) is -0.348. The minimum Gasteiger partial charge on any atom is -0.297 e. The normalized spacial score (nSPS) is 16.6. The van der Waals surface area contributed by atoms with Crippen molar-refractivity contribution in [3.8, 4) is 11.1 Å².